The summed E-state index contributed by atoms with van der Waals surface area (Å²) < 4.78 is 31.9. The Bertz CT molecular complexity index is 554. The molecule has 0 spiro atoms. The molecule has 0 amide bonds. The maximum absolute atomic E-state index is 13.7. The van der Waals surface area contributed by atoms with E-state index in [2.05, 4.69) is 5.16 Å². The summed E-state index contributed by atoms with van der Waals surface area (Å²) in [5, 5.41) is 3.25. The molecule has 0 unspecified atom stereocenters. The molecule has 2 N–H and O–H groups in total. The van der Waals surface area contributed by atoms with E-state index in [-0.39, 0.29) is 27.7 Å². The molecule has 0 aliphatic rings. The highest BCUT2D eigenvalue weighted by atomic mass is 35.5. The van der Waals surface area contributed by atoms with Gasteiger partial charge in [-0.15, -0.1) is 0 Å². The first-order valence-corrected chi connectivity index (χ1v) is 4.75. The molecular formula is C10H7ClF2N2O. The zero-order valence-electron chi connectivity index (χ0n) is 8.22. The standard InChI is InChI=1S/C10H7ClF2N2O/c1-4-2-3-5(12)6(8(4)13)9-7(11)10(14)15-16-9/h2-3H,1H3,(H2,14,15). The van der Waals surface area contributed by atoms with Gasteiger partial charge in [-0.05, 0) is 18.6 Å². The van der Waals surface area contributed by atoms with Crippen molar-refractivity contribution in [1.29, 1.82) is 0 Å². The van der Waals surface area contributed by atoms with E-state index in [1.807, 2.05) is 0 Å². The fraction of sp³-hybridized carbons (Fsp3) is 0.100. The second kappa shape index (κ2) is 3.75. The topological polar surface area (TPSA) is 52.0 Å². The van der Waals surface area contributed by atoms with Crippen LogP contribution in [0.2, 0.25) is 5.02 Å². The van der Waals surface area contributed by atoms with Crippen LogP contribution in [0.3, 0.4) is 0 Å². The molecule has 1 heterocycles. The summed E-state index contributed by atoms with van der Waals surface area (Å²) in [6.45, 7) is 1.51. The highest BCUT2D eigenvalue weighted by molar-refractivity contribution is 6.35. The van der Waals surface area contributed by atoms with E-state index in [1.165, 1.54) is 13.0 Å². The average molecular weight is 245 g/mol. The minimum absolute atomic E-state index is 0.0941. The first kappa shape index (κ1) is 10.9. The summed E-state index contributed by atoms with van der Waals surface area (Å²) in [5.41, 5.74) is 5.26. The van der Waals surface area contributed by atoms with Crippen molar-refractivity contribution in [3.63, 3.8) is 0 Å². The minimum atomic E-state index is -0.777. The molecule has 0 aliphatic heterocycles. The fourth-order valence-corrected chi connectivity index (χ4v) is 1.47. The van der Waals surface area contributed by atoms with Crippen molar-refractivity contribution in [3.05, 3.63) is 34.4 Å². The van der Waals surface area contributed by atoms with Gasteiger partial charge in [0.25, 0.3) is 0 Å². The van der Waals surface area contributed by atoms with Crippen molar-refractivity contribution < 1.29 is 13.3 Å². The number of rotatable bonds is 1. The third-order valence-electron chi connectivity index (χ3n) is 2.17. The van der Waals surface area contributed by atoms with E-state index in [0.717, 1.165) is 6.07 Å². The molecule has 1 aromatic carbocycles. The lowest BCUT2D eigenvalue weighted by atomic mass is 10.1. The predicted octanol–water partition coefficient (Wildman–Crippen LogP) is 3.16. The molecule has 0 aliphatic carbocycles. The van der Waals surface area contributed by atoms with Crippen LogP contribution in [0.15, 0.2) is 16.7 Å². The Labute approximate surface area is 94.8 Å². The molecule has 0 radical (unpaired) electrons. The van der Waals surface area contributed by atoms with Crippen LogP contribution in [0, 0.1) is 18.6 Å². The van der Waals surface area contributed by atoms with Crippen LogP contribution in [-0.2, 0) is 0 Å². The normalized spacial score (nSPS) is 10.8. The van der Waals surface area contributed by atoms with Crippen LogP contribution >= 0.6 is 11.6 Å². The number of aromatic nitrogens is 1. The second-order valence-electron chi connectivity index (χ2n) is 3.26. The molecule has 0 atom stereocenters. The van der Waals surface area contributed by atoms with Crippen LogP contribution in [0.25, 0.3) is 11.3 Å². The molecule has 2 aromatic rings. The third kappa shape index (κ3) is 1.53. The van der Waals surface area contributed by atoms with Gasteiger partial charge in [-0.2, -0.15) is 0 Å². The quantitative estimate of drug-likeness (QED) is 0.838. The maximum Gasteiger partial charge on any atom is 0.193 e. The molecule has 0 bridgehead atoms. The van der Waals surface area contributed by atoms with E-state index < -0.39 is 11.6 Å². The number of nitrogens with two attached hydrogens (primary N) is 1. The number of anilines is 1. The van der Waals surface area contributed by atoms with Crippen LogP contribution < -0.4 is 5.73 Å². The summed E-state index contributed by atoms with van der Waals surface area (Å²) in [5.74, 6) is -1.81. The lowest BCUT2D eigenvalue weighted by Crippen LogP contribution is -1.93. The van der Waals surface area contributed by atoms with Gasteiger partial charge in [0.1, 0.15) is 16.7 Å². The lowest BCUT2D eigenvalue weighted by Gasteiger charge is -2.03. The predicted molar refractivity (Wildman–Crippen MR) is 56.0 cm³/mol. The molecule has 6 heteroatoms. The number of benzene rings is 1. The highest BCUT2D eigenvalue weighted by Gasteiger charge is 2.22. The van der Waals surface area contributed by atoms with Crippen LogP contribution in [0.4, 0.5) is 14.6 Å². The van der Waals surface area contributed by atoms with Crippen molar-refractivity contribution >= 4 is 17.4 Å². The Balaban J connectivity index is 2.73. The summed E-state index contributed by atoms with van der Waals surface area (Å²) >= 11 is 5.73. The van der Waals surface area contributed by atoms with Gasteiger partial charge < -0.3 is 10.3 Å². The van der Waals surface area contributed by atoms with Gasteiger partial charge in [0.05, 0.1) is 5.56 Å². The van der Waals surface area contributed by atoms with E-state index in [0.29, 0.717) is 0 Å². The van der Waals surface area contributed by atoms with E-state index in [9.17, 15) is 8.78 Å². The van der Waals surface area contributed by atoms with Gasteiger partial charge in [-0.25, -0.2) is 8.78 Å². The number of nitrogen functional groups attached to an aromatic ring is 1. The minimum Gasteiger partial charge on any atom is -0.380 e. The average Bonchev–Trinajstić information content (AvgIpc) is 2.56. The van der Waals surface area contributed by atoms with Gasteiger partial charge in [0, 0.05) is 0 Å². The van der Waals surface area contributed by atoms with Crippen molar-refractivity contribution in [2.24, 2.45) is 0 Å². The number of nitrogens with zero attached hydrogens (tertiary/aromatic N) is 1. The smallest absolute Gasteiger partial charge is 0.193 e. The number of hydrogen-bond donors (Lipinski definition) is 1. The Hall–Kier alpha value is -1.62. The van der Waals surface area contributed by atoms with Crippen molar-refractivity contribution in [2.75, 3.05) is 5.73 Å². The first-order chi connectivity index (χ1) is 7.52. The summed E-state index contributed by atoms with van der Waals surface area (Å²) in [7, 11) is 0. The number of halogens is 3. The molecule has 84 valence electrons. The van der Waals surface area contributed by atoms with Crippen LogP contribution in [0.5, 0.6) is 0 Å². The SMILES string of the molecule is Cc1ccc(F)c(-c2onc(N)c2Cl)c1F. The van der Waals surface area contributed by atoms with E-state index >= 15 is 0 Å². The Morgan fingerprint density at radius 2 is 2.06 bits per heavy atom. The number of hydrogen-bond acceptors (Lipinski definition) is 3. The Morgan fingerprint density at radius 3 is 2.62 bits per heavy atom. The van der Waals surface area contributed by atoms with Crippen LogP contribution in [-0.4, -0.2) is 5.16 Å². The molecule has 2 rings (SSSR count). The van der Waals surface area contributed by atoms with Crippen molar-refractivity contribution in [1.82, 2.24) is 5.16 Å². The zero-order chi connectivity index (χ0) is 11.9. The fourth-order valence-electron chi connectivity index (χ4n) is 1.31. The monoisotopic (exact) mass is 244 g/mol. The molecule has 0 fully saturated rings. The van der Waals surface area contributed by atoms with Gasteiger partial charge in [0.2, 0.25) is 0 Å². The first-order valence-electron chi connectivity index (χ1n) is 4.38. The van der Waals surface area contributed by atoms with Gasteiger partial charge >= 0.3 is 0 Å². The van der Waals surface area contributed by atoms with Gasteiger partial charge in [-0.1, -0.05) is 22.8 Å². The zero-order valence-corrected chi connectivity index (χ0v) is 8.98. The summed E-state index contributed by atoms with van der Waals surface area (Å²) in [6, 6.07) is 2.45. The summed E-state index contributed by atoms with van der Waals surface area (Å²) in [4.78, 5) is 0. The van der Waals surface area contributed by atoms with Gasteiger partial charge in [0.15, 0.2) is 11.6 Å². The molecule has 0 saturated carbocycles. The highest BCUT2D eigenvalue weighted by Crippen LogP contribution is 2.36. The second-order valence-corrected chi connectivity index (χ2v) is 3.64. The Kier molecular flexibility index (Phi) is 2.55. The third-order valence-corrected chi connectivity index (χ3v) is 2.54. The van der Waals surface area contributed by atoms with Crippen molar-refractivity contribution in [3.8, 4) is 11.3 Å². The molecule has 1 aromatic heterocycles. The molecule has 16 heavy (non-hydrogen) atoms. The van der Waals surface area contributed by atoms with Crippen molar-refractivity contribution in [2.45, 2.75) is 6.92 Å². The van der Waals surface area contributed by atoms with E-state index in [1.54, 1.807) is 0 Å². The molecule has 0 saturated heterocycles. The molecular weight excluding hydrogens is 238 g/mol. The number of aryl methyl sites for hydroxylation is 1. The van der Waals surface area contributed by atoms with Crippen LogP contribution in [0.1, 0.15) is 5.56 Å². The molecule has 3 nitrogen and oxygen atoms in total. The lowest BCUT2D eigenvalue weighted by molar-refractivity contribution is 0.429. The van der Waals surface area contributed by atoms with E-state index in [4.69, 9.17) is 21.9 Å². The largest absolute Gasteiger partial charge is 0.380 e. The Morgan fingerprint density at radius 1 is 1.38 bits per heavy atom. The van der Waals surface area contributed by atoms with Gasteiger partial charge in [-0.3, -0.25) is 0 Å². The maximum atomic E-state index is 13.7. The summed E-state index contributed by atoms with van der Waals surface area (Å²) in [6.07, 6.45) is 0.